The van der Waals surface area contributed by atoms with Crippen LogP contribution in [0, 0.1) is 0 Å². The molecule has 0 aliphatic carbocycles. The Balaban J connectivity index is 1.57. The van der Waals surface area contributed by atoms with Gasteiger partial charge in [0.1, 0.15) is 5.54 Å². The zero-order chi connectivity index (χ0) is 17.7. The van der Waals surface area contributed by atoms with Gasteiger partial charge in [0.25, 0.3) is 0 Å². The predicted octanol–water partition coefficient (Wildman–Crippen LogP) is 3.08. The highest BCUT2D eigenvalue weighted by Gasteiger charge is 2.41. The molecule has 1 aliphatic heterocycles. The molecule has 3 N–H and O–H groups in total. The number of carbonyl (C=O) groups is 2. The molecule has 5 nitrogen and oxygen atoms in total. The van der Waals surface area contributed by atoms with E-state index in [0.29, 0.717) is 19.3 Å². The highest BCUT2D eigenvalue weighted by Crippen LogP contribution is 2.27. The van der Waals surface area contributed by atoms with Crippen LogP contribution in [0.3, 0.4) is 0 Å². The number of aromatic amines is 1. The summed E-state index contributed by atoms with van der Waals surface area (Å²) >= 11 is 1.73. The summed E-state index contributed by atoms with van der Waals surface area (Å²) in [6.07, 6.45) is 1.80. The minimum atomic E-state index is -1.09. The van der Waals surface area contributed by atoms with Crippen molar-refractivity contribution in [1.82, 2.24) is 10.3 Å². The molecule has 6 heteroatoms. The summed E-state index contributed by atoms with van der Waals surface area (Å²) in [6, 6.07) is 14.0. The summed E-state index contributed by atoms with van der Waals surface area (Å²) in [7, 11) is 0. The fourth-order valence-electron chi connectivity index (χ4n) is 3.06. The number of amides is 1. The van der Waals surface area contributed by atoms with Crippen LogP contribution >= 0.6 is 11.8 Å². The van der Waals surface area contributed by atoms with Gasteiger partial charge in [0, 0.05) is 17.8 Å². The van der Waals surface area contributed by atoms with Crippen molar-refractivity contribution in [2.75, 3.05) is 11.5 Å². The monoisotopic (exact) mass is 358 g/mol. The first-order chi connectivity index (χ1) is 12.1. The van der Waals surface area contributed by atoms with E-state index in [4.69, 9.17) is 0 Å². The van der Waals surface area contributed by atoms with Gasteiger partial charge in [-0.3, -0.25) is 4.79 Å². The minimum Gasteiger partial charge on any atom is -0.480 e. The topological polar surface area (TPSA) is 82.2 Å². The lowest BCUT2D eigenvalue weighted by molar-refractivity contribution is -0.148. The highest BCUT2D eigenvalue weighted by molar-refractivity contribution is 7.99. The van der Waals surface area contributed by atoms with Gasteiger partial charge in [-0.05, 0) is 48.5 Å². The number of hydrogen-bond acceptors (Lipinski definition) is 3. The second-order valence-electron chi connectivity index (χ2n) is 6.31. The summed E-state index contributed by atoms with van der Waals surface area (Å²) < 4.78 is 0. The van der Waals surface area contributed by atoms with Crippen molar-refractivity contribution in [3.63, 3.8) is 0 Å². The van der Waals surface area contributed by atoms with E-state index in [9.17, 15) is 14.7 Å². The minimum absolute atomic E-state index is 0.204. The Bertz CT molecular complexity index is 736. The van der Waals surface area contributed by atoms with Crippen molar-refractivity contribution in [1.29, 1.82) is 0 Å². The third kappa shape index (κ3) is 4.25. The largest absolute Gasteiger partial charge is 0.480 e. The normalized spacial score (nSPS) is 16.3. The van der Waals surface area contributed by atoms with E-state index < -0.39 is 11.5 Å². The number of H-pyrrole nitrogens is 1. The maximum atomic E-state index is 12.3. The molecule has 3 rings (SSSR count). The van der Waals surface area contributed by atoms with Gasteiger partial charge in [0.15, 0.2) is 0 Å². The fraction of sp³-hybridized carbons (Fsp3) is 0.368. The second kappa shape index (κ2) is 7.78. The van der Waals surface area contributed by atoms with Gasteiger partial charge in [-0.15, -0.1) is 0 Å². The van der Waals surface area contributed by atoms with Crippen molar-refractivity contribution in [3.05, 3.63) is 48.2 Å². The summed E-state index contributed by atoms with van der Waals surface area (Å²) in [4.78, 5) is 27.2. The Hall–Kier alpha value is -2.21. The Morgan fingerprint density at radius 2 is 1.84 bits per heavy atom. The number of aliphatic carboxylic acids is 1. The van der Waals surface area contributed by atoms with Crippen LogP contribution in [0.4, 0.5) is 0 Å². The Morgan fingerprint density at radius 1 is 1.12 bits per heavy atom. The van der Waals surface area contributed by atoms with Gasteiger partial charge in [-0.1, -0.05) is 30.3 Å². The molecule has 1 fully saturated rings. The lowest BCUT2D eigenvalue weighted by Crippen LogP contribution is -2.56. The quantitative estimate of drug-likeness (QED) is 0.741. The number of hydrogen-bond donors (Lipinski definition) is 3. The van der Waals surface area contributed by atoms with E-state index in [1.807, 2.05) is 42.5 Å². The number of carbonyl (C=O) groups excluding carboxylic acids is 1. The molecule has 2 aromatic rings. The van der Waals surface area contributed by atoms with Crippen LogP contribution < -0.4 is 5.32 Å². The molecule has 132 valence electrons. The number of aromatic nitrogens is 1. The standard InChI is InChI=1S/C19H22N2O3S/c22-17(21-19(18(23)24)10-12-25-13-11-19)9-7-15-6-8-16(20-15)14-4-2-1-3-5-14/h1-6,8,20H,7,9-13H2,(H,21,22)(H,23,24). The Kier molecular flexibility index (Phi) is 5.48. The van der Waals surface area contributed by atoms with E-state index in [2.05, 4.69) is 10.3 Å². The van der Waals surface area contributed by atoms with E-state index in [0.717, 1.165) is 28.5 Å². The maximum Gasteiger partial charge on any atom is 0.329 e. The van der Waals surface area contributed by atoms with Gasteiger partial charge in [0.05, 0.1) is 0 Å². The lowest BCUT2D eigenvalue weighted by Gasteiger charge is -2.33. The molecule has 1 aromatic heterocycles. The number of nitrogens with one attached hydrogen (secondary N) is 2. The molecule has 0 unspecified atom stereocenters. The predicted molar refractivity (Wildman–Crippen MR) is 99.6 cm³/mol. The summed E-state index contributed by atoms with van der Waals surface area (Å²) in [5.74, 6) is 0.408. The van der Waals surface area contributed by atoms with Gasteiger partial charge < -0.3 is 15.4 Å². The van der Waals surface area contributed by atoms with Gasteiger partial charge in [-0.2, -0.15) is 11.8 Å². The van der Waals surface area contributed by atoms with E-state index in [-0.39, 0.29) is 12.3 Å². The van der Waals surface area contributed by atoms with Crippen molar-refractivity contribution < 1.29 is 14.7 Å². The van der Waals surface area contributed by atoms with Crippen LogP contribution in [-0.2, 0) is 16.0 Å². The molecule has 0 radical (unpaired) electrons. The zero-order valence-corrected chi connectivity index (χ0v) is 14.8. The summed E-state index contributed by atoms with van der Waals surface area (Å²) in [6.45, 7) is 0. The van der Waals surface area contributed by atoms with Crippen molar-refractivity contribution in [3.8, 4) is 11.3 Å². The lowest BCUT2D eigenvalue weighted by atomic mass is 9.92. The molecule has 0 spiro atoms. The zero-order valence-electron chi connectivity index (χ0n) is 14.0. The molecular weight excluding hydrogens is 336 g/mol. The number of benzene rings is 1. The Labute approximate surface area is 151 Å². The maximum absolute atomic E-state index is 12.3. The second-order valence-corrected chi connectivity index (χ2v) is 7.54. The van der Waals surface area contributed by atoms with Crippen LogP contribution in [-0.4, -0.2) is 39.0 Å². The fourth-order valence-corrected chi connectivity index (χ4v) is 4.25. The van der Waals surface area contributed by atoms with Crippen molar-refractivity contribution in [2.45, 2.75) is 31.2 Å². The van der Waals surface area contributed by atoms with Gasteiger partial charge in [-0.25, -0.2) is 4.79 Å². The van der Waals surface area contributed by atoms with Crippen LogP contribution in [0.2, 0.25) is 0 Å². The smallest absolute Gasteiger partial charge is 0.329 e. The van der Waals surface area contributed by atoms with E-state index in [1.165, 1.54) is 0 Å². The molecule has 1 amide bonds. The molecule has 2 heterocycles. The first-order valence-corrected chi connectivity index (χ1v) is 9.60. The molecule has 1 saturated heterocycles. The Morgan fingerprint density at radius 3 is 2.52 bits per heavy atom. The number of carboxylic acids is 1. The summed E-state index contributed by atoms with van der Waals surface area (Å²) in [5.41, 5.74) is 2.00. The average Bonchev–Trinajstić information content (AvgIpc) is 3.10. The van der Waals surface area contributed by atoms with Crippen LogP contribution in [0.25, 0.3) is 11.3 Å². The van der Waals surface area contributed by atoms with Crippen molar-refractivity contribution >= 4 is 23.6 Å². The SMILES string of the molecule is O=C(CCc1ccc(-c2ccccc2)[nH]1)NC1(C(=O)O)CCSCC1. The van der Waals surface area contributed by atoms with Crippen molar-refractivity contribution in [2.24, 2.45) is 0 Å². The molecule has 0 saturated carbocycles. The third-order valence-electron chi connectivity index (χ3n) is 4.59. The van der Waals surface area contributed by atoms with E-state index >= 15 is 0 Å². The molecule has 0 atom stereocenters. The molecule has 25 heavy (non-hydrogen) atoms. The van der Waals surface area contributed by atoms with E-state index in [1.54, 1.807) is 11.8 Å². The first kappa shape index (κ1) is 17.6. The number of carboxylic acid groups (broad SMARTS) is 1. The van der Waals surface area contributed by atoms with Crippen LogP contribution in [0.1, 0.15) is 25.0 Å². The number of aryl methyl sites for hydroxylation is 1. The molecular formula is C19H22N2O3S. The molecule has 1 aliphatic rings. The van der Waals surface area contributed by atoms with Crippen LogP contribution in [0.5, 0.6) is 0 Å². The summed E-state index contributed by atoms with van der Waals surface area (Å²) in [5, 5.41) is 12.3. The third-order valence-corrected chi connectivity index (χ3v) is 5.57. The molecule has 1 aromatic carbocycles. The average molecular weight is 358 g/mol. The highest BCUT2D eigenvalue weighted by atomic mass is 32.2. The number of thioether (sulfide) groups is 1. The first-order valence-electron chi connectivity index (χ1n) is 8.44. The van der Waals surface area contributed by atoms with Gasteiger partial charge >= 0.3 is 5.97 Å². The molecule has 0 bridgehead atoms. The van der Waals surface area contributed by atoms with Crippen LogP contribution in [0.15, 0.2) is 42.5 Å². The van der Waals surface area contributed by atoms with Gasteiger partial charge in [0.2, 0.25) is 5.91 Å². The number of rotatable bonds is 6.